The molecule has 0 N–H and O–H groups in total. The number of amides is 2. The Hall–Kier alpha value is -2.58. The van der Waals surface area contributed by atoms with Crippen LogP contribution < -0.4 is 4.90 Å². The highest BCUT2D eigenvalue weighted by atomic mass is 16.6. The van der Waals surface area contributed by atoms with E-state index in [9.17, 15) is 14.4 Å². The Morgan fingerprint density at radius 1 is 1.00 bits per heavy atom. The lowest BCUT2D eigenvalue weighted by atomic mass is 10.2. The first-order chi connectivity index (χ1) is 12.2. The van der Waals surface area contributed by atoms with Gasteiger partial charge in [0.2, 0.25) is 5.82 Å². The molecule has 27 heavy (non-hydrogen) atoms. The summed E-state index contributed by atoms with van der Waals surface area (Å²) < 4.78 is 17.0. The molecule has 2 amide bonds. The first-order valence-electron chi connectivity index (χ1n) is 8.64. The molecule has 9 heteroatoms. The minimum atomic E-state index is -0.932. The lowest BCUT2D eigenvalue weighted by Crippen LogP contribution is -2.45. The van der Waals surface area contributed by atoms with Crippen LogP contribution in [0.15, 0.2) is 0 Å². The molecule has 0 saturated carbocycles. The summed E-state index contributed by atoms with van der Waals surface area (Å²) in [6.07, 6.45) is -1.86. The van der Waals surface area contributed by atoms with Crippen LogP contribution in [0.1, 0.15) is 64.8 Å². The molecule has 0 spiro atoms. The molecule has 0 aliphatic rings. The highest BCUT2D eigenvalue weighted by Crippen LogP contribution is 2.26. The monoisotopic (exact) mass is 383 g/mol. The van der Waals surface area contributed by atoms with Gasteiger partial charge >= 0.3 is 18.2 Å². The molecule has 1 heterocycles. The highest BCUT2D eigenvalue weighted by Gasteiger charge is 2.37. The van der Waals surface area contributed by atoms with E-state index in [1.54, 1.807) is 55.4 Å². The zero-order valence-electron chi connectivity index (χ0n) is 17.5. The van der Waals surface area contributed by atoms with Crippen molar-refractivity contribution in [2.24, 2.45) is 7.05 Å². The number of rotatable bonds is 3. The van der Waals surface area contributed by atoms with Gasteiger partial charge in [-0.05, 0) is 55.4 Å². The first-order valence-corrected chi connectivity index (χ1v) is 8.64. The predicted molar refractivity (Wildman–Crippen MR) is 98.8 cm³/mol. The van der Waals surface area contributed by atoms with E-state index in [1.807, 2.05) is 0 Å². The van der Waals surface area contributed by atoms with Gasteiger partial charge in [0.1, 0.15) is 11.2 Å². The summed E-state index contributed by atoms with van der Waals surface area (Å²) in [6.45, 7) is 13.5. The van der Waals surface area contributed by atoms with Gasteiger partial charge in [-0.1, -0.05) is 0 Å². The number of esters is 1. The molecule has 0 fully saturated rings. The fourth-order valence-corrected chi connectivity index (χ4v) is 2.18. The highest BCUT2D eigenvalue weighted by molar-refractivity contribution is 6.09. The van der Waals surface area contributed by atoms with Crippen molar-refractivity contribution in [1.82, 2.24) is 9.55 Å². The molecule has 0 aromatic carbocycles. The summed E-state index contributed by atoms with van der Waals surface area (Å²) in [5.41, 5.74) is -1.40. The van der Waals surface area contributed by atoms with Gasteiger partial charge in [0.05, 0.1) is 12.3 Å². The third-order valence-electron chi connectivity index (χ3n) is 3.05. The van der Waals surface area contributed by atoms with Crippen molar-refractivity contribution in [2.75, 3.05) is 11.5 Å². The van der Waals surface area contributed by atoms with Gasteiger partial charge in [-0.25, -0.2) is 19.4 Å². The second-order valence-electron chi connectivity index (χ2n) is 7.92. The van der Waals surface area contributed by atoms with Gasteiger partial charge in [0.15, 0.2) is 5.82 Å². The van der Waals surface area contributed by atoms with Gasteiger partial charge < -0.3 is 18.8 Å². The van der Waals surface area contributed by atoms with Gasteiger partial charge in [-0.2, -0.15) is 4.90 Å². The van der Waals surface area contributed by atoms with E-state index in [1.165, 1.54) is 11.6 Å². The maximum Gasteiger partial charge on any atom is 0.425 e. The molecule has 0 bridgehead atoms. The number of imidazole rings is 1. The molecule has 0 atom stereocenters. The lowest BCUT2D eigenvalue weighted by Gasteiger charge is -2.28. The molecular weight excluding hydrogens is 354 g/mol. The van der Waals surface area contributed by atoms with Crippen LogP contribution in [0.2, 0.25) is 0 Å². The summed E-state index contributed by atoms with van der Waals surface area (Å²) in [5.74, 6) is -0.634. The number of carbonyl (C=O) groups is 3. The second-order valence-corrected chi connectivity index (χ2v) is 7.92. The van der Waals surface area contributed by atoms with Crippen LogP contribution in [0.5, 0.6) is 0 Å². The van der Waals surface area contributed by atoms with Gasteiger partial charge in [0.25, 0.3) is 0 Å². The molecular formula is C18H29N3O6. The Labute approximate surface area is 159 Å². The molecule has 1 rings (SSSR count). The van der Waals surface area contributed by atoms with E-state index >= 15 is 0 Å². The van der Waals surface area contributed by atoms with Crippen LogP contribution in [0, 0.1) is 6.92 Å². The fourth-order valence-electron chi connectivity index (χ4n) is 2.18. The number of anilines is 1. The number of ether oxygens (including phenoxy) is 3. The Bertz CT molecular complexity index is 697. The Morgan fingerprint density at radius 3 is 1.81 bits per heavy atom. The zero-order valence-corrected chi connectivity index (χ0v) is 17.5. The summed E-state index contributed by atoms with van der Waals surface area (Å²) in [4.78, 5) is 42.5. The molecule has 152 valence electrons. The van der Waals surface area contributed by atoms with E-state index in [0.29, 0.717) is 0 Å². The molecule has 0 aliphatic carbocycles. The number of aryl methyl sites for hydroxylation is 1. The maximum absolute atomic E-state index is 12.7. The first kappa shape index (κ1) is 22.5. The van der Waals surface area contributed by atoms with E-state index < -0.39 is 29.4 Å². The van der Waals surface area contributed by atoms with Gasteiger partial charge in [-0.15, -0.1) is 0 Å². The number of aromatic nitrogens is 2. The number of carbonyl (C=O) groups excluding carboxylic acids is 3. The van der Waals surface area contributed by atoms with Crippen LogP contribution in [-0.4, -0.2) is 45.5 Å². The third kappa shape index (κ3) is 5.97. The van der Waals surface area contributed by atoms with Gasteiger partial charge in [0, 0.05) is 7.05 Å². The van der Waals surface area contributed by atoms with Crippen molar-refractivity contribution in [1.29, 1.82) is 0 Å². The summed E-state index contributed by atoms with van der Waals surface area (Å²) in [6, 6.07) is 0. The van der Waals surface area contributed by atoms with Crippen molar-refractivity contribution in [3.63, 3.8) is 0 Å². The van der Waals surface area contributed by atoms with Crippen molar-refractivity contribution in [2.45, 2.75) is 66.6 Å². The average molecular weight is 383 g/mol. The smallest absolute Gasteiger partial charge is 0.425 e. The molecule has 1 aromatic rings. The van der Waals surface area contributed by atoms with Gasteiger partial charge in [-0.3, -0.25) is 0 Å². The van der Waals surface area contributed by atoms with Crippen LogP contribution in [0.3, 0.4) is 0 Å². The number of nitrogens with zero attached hydrogens (tertiary/aromatic N) is 3. The Morgan fingerprint density at radius 2 is 1.44 bits per heavy atom. The number of imide groups is 1. The molecule has 0 saturated heterocycles. The second kappa shape index (κ2) is 7.98. The third-order valence-corrected chi connectivity index (χ3v) is 3.05. The summed E-state index contributed by atoms with van der Waals surface area (Å²) in [5, 5.41) is 0. The minimum Gasteiger partial charge on any atom is -0.460 e. The molecule has 9 nitrogen and oxygen atoms in total. The predicted octanol–water partition coefficient (Wildman–Crippen LogP) is 3.58. The number of hydrogen-bond acceptors (Lipinski definition) is 7. The normalized spacial score (nSPS) is 11.7. The van der Waals surface area contributed by atoms with Crippen LogP contribution in [0.4, 0.5) is 15.4 Å². The van der Waals surface area contributed by atoms with Crippen molar-refractivity contribution < 1.29 is 28.6 Å². The van der Waals surface area contributed by atoms with Crippen LogP contribution in [-0.2, 0) is 21.3 Å². The molecule has 0 aliphatic heterocycles. The fraction of sp³-hybridized carbons (Fsp3) is 0.667. The average Bonchev–Trinajstić information content (AvgIpc) is 2.72. The van der Waals surface area contributed by atoms with Crippen molar-refractivity contribution >= 4 is 24.0 Å². The quantitative estimate of drug-likeness (QED) is 0.581. The summed E-state index contributed by atoms with van der Waals surface area (Å²) in [7, 11) is 1.50. The largest absolute Gasteiger partial charge is 0.460 e. The SMILES string of the molecule is CCOC(=O)c1nc(C)c(N(C(=O)OC(C)(C)C)C(=O)OC(C)(C)C)n1C. The lowest BCUT2D eigenvalue weighted by molar-refractivity contribution is 0.0421. The summed E-state index contributed by atoms with van der Waals surface area (Å²) >= 11 is 0. The van der Waals surface area contributed by atoms with E-state index in [2.05, 4.69) is 4.98 Å². The Balaban J connectivity index is 3.45. The van der Waals surface area contributed by atoms with E-state index in [4.69, 9.17) is 14.2 Å². The minimum absolute atomic E-state index is 0.0403. The van der Waals surface area contributed by atoms with E-state index in [0.717, 1.165) is 4.90 Å². The standard InChI is InChI=1S/C18H29N3O6/c1-10-25-14(22)12-19-11(2)13(20(12)9)21(15(23)26-17(3,4)5)16(24)27-18(6,7)8/h10H2,1-9H3. The molecule has 1 aromatic heterocycles. The van der Waals surface area contributed by atoms with E-state index in [-0.39, 0.29) is 23.9 Å². The molecule has 0 radical (unpaired) electrons. The topological polar surface area (TPSA) is 100.0 Å². The van der Waals surface area contributed by atoms with Crippen LogP contribution in [0.25, 0.3) is 0 Å². The number of hydrogen-bond donors (Lipinski definition) is 0. The van der Waals surface area contributed by atoms with Crippen molar-refractivity contribution in [3.05, 3.63) is 11.5 Å². The zero-order chi connectivity index (χ0) is 21.2. The molecule has 0 unspecified atom stereocenters. The Kier molecular flexibility index (Phi) is 6.63. The maximum atomic E-state index is 12.7. The van der Waals surface area contributed by atoms with Crippen molar-refractivity contribution in [3.8, 4) is 0 Å². The van der Waals surface area contributed by atoms with Crippen LogP contribution >= 0.6 is 0 Å².